The van der Waals surface area contributed by atoms with Gasteiger partial charge in [-0.3, -0.25) is 4.72 Å². The van der Waals surface area contributed by atoms with E-state index in [-0.39, 0.29) is 5.75 Å². The first kappa shape index (κ1) is 23.0. The lowest BCUT2D eigenvalue weighted by Gasteiger charge is -2.12. The van der Waals surface area contributed by atoms with Gasteiger partial charge in [0.25, 0.3) is 0 Å². The summed E-state index contributed by atoms with van der Waals surface area (Å²) in [5.41, 5.74) is 10.3. The Labute approximate surface area is 183 Å². The van der Waals surface area contributed by atoms with Crippen molar-refractivity contribution in [2.24, 2.45) is 0 Å². The quantitative estimate of drug-likeness (QED) is 0.434. The number of nitrogens with two attached hydrogens (primary N) is 1. The van der Waals surface area contributed by atoms with E-state index in [2.05, 4.69) is 19.3 Å². The first-order chi connectivity index (χ1) is 14.8. The van der Waals surface area contributed by atoms with Crippen LogP contribution in [-0.4, -0.2) is 35.3 Å². The van der Waals surface area contributed by atoms with E-state index in [0.717, 1.165) is 42.0 Å². The van der Waals surface area contributed by atoms with Crippen molar-refractivity contribution in [3.05, 3.63) is 47.4 Å². The second-order valence-electron chi connectivity index (χ2n) is 7.57. The topological polar surface area (TPSA) is 112 Å². The molecule has 0 spiro atoms. The summed E-state index contributed by atoms with van der Waals surface area (Å²) in [5.74, 6) is 1.33. The van der Waals surface area contributed by atoms with Crippen LogP contribution in [0.5, 0.6) is 0 Å². The number of hydrogen-bond acceptors (Lipinski definition) is 6. The molecule has 0 saturated carbocycles. The Morgan fingerprint density at radius 3 is 2.55 bits per heavy atom. The van der Waals surface area contributed by atoms with Gasteiger partial charge in [-0.2, -0.15) is 0 Å². The molecule has 0 aliphatic carbocycles. The molecule has 3 aromatic rings. The summed E-state index contributed by atoms with van der Waals surface area (Å²) in [5, 5.41) is 0. The molecule has 8 nitrogen and oxygen atoms in total. The van der Waals surface area contributed by atoms with Crippen molar-refractivity contribution < 1.29 is 13.2 Å². The van der Waals surface area contributed by atoms with Crippen molar-refractivity contribution in [3.63, 3.8) is 0 Å². The number of rotatable bonds is 11. The minimum atomic E-state index is -3.36. The Morgan fingerprint density at radius 1 is 1.10 bits per heavy atom. The standard InChI is InChI=1S/C22H31N5O3S/c1-4-30-15-19-25-20-21(16(2)17(3)24-22(20)23)27(19)13-9-6-10-14-31(28,29)26-18-11-7-5-8-12-18/h5,7-8,11-12,26H,4,6,9-10,13-15H2,1-3H3,(H2,23,24). The number of nitrogens with zero attached hydrogens (tertiary/aromatic N) is 3. The minimum Gasteiger partial charge on any atom is -0.382 e. The lowest BCUT2D eigenvalue weighted by molar-refractivity contribution is 0.126. The molecule has 9 heteroatoms. The van der Waals surface area contributed by atoms with Gasteiger partial charge in [0.15, 0.2) is 5.82 Å². The molecule has 0 radical (unpaired) electrons. The number of aryl methyl sites for hydroxylation is 3. The number of anilines is 2. The maximum absolute atomic E-state index is 12.3. The van der Waals surface area contributed by atoms with Crippen molar-refractivity contribution in [3.8, 4) is 0 Å². The molecule has 0 atom stereocenters. The van der Waals surface area contributed by atoms with Gasteiger partial charge in [-0.25, -0.2) is 18.4 Å². The van der Waals surface area contributed by atoms with Crippen molar-refractivity contribution in [2.45, 2.75) is 53.2 Å². The number of hydrogen-bond donors (Lipinski definition) is 2. The number of aromatic nitrogens is 3. The number of fused-ring (bicyclic) bond motifs is 1. The van der Waals surface area contributed by atoms with Gasteiger partial charge in [0.05, 0.1) is 11.3 Å². The van der Waals surface area contributed by atoms with Crippen LogP contribution in [0.15, 0.2) is 30.3 Å². The summed E-state index contributed by atoms with van der Waals surface area (Å²) in [6, 6.07) is 8.95. The SMILES string of the molecule is CCOCc1nc2c(N)nc(C)c(C)c2n1CCCCCS(=O)(=O)Nc1ccccc1. The number of pyridine rings is 1. The zero-order chi connectivity index (χ0) is 22.4. The van der Waals surface area contributed by atoms with Gasteiger partial charge in [0.2, 0.25) is 10.0 Å². The van der Waals surface area contributed by atoms with E-state index in [1.807, 2.05) is 26.8 Å². The lowest BCUT2D eigenvalue weighted by Crippen LogP contribution is -2.16. The summed E-state index contributed by atoms with van der Waals surface area (Å²) in [4.78, 5) is 9.08. The third kappa shape index (κ3) is 5.74. The Hall–Kier alpha value is -2.65. The number of imidazole rings is 1. The third-order valence-corrected chi connectivity index (χ3v) is 6.63. The molecule has 0 aliphatic rings. The molecule has 0 unspecified atom stereocenters. The van der Waals surface area contributed by atoms with Crippen LogP contribution in [-0.2, 0) is 27.9 Å². The van der Waals surface area contributed by atoms with Gasteiger partial charge < -0.3 is 15.0 Å². The second kappa shape index (κ2) is 10.1. The third-order valence-electron chi connectivity index (χ3n) is 5.25. The highest BCUT2D eigenvalue weighted by Crippen LogP contribution is 2.27. The molecule has 3 rings (SSSR count). The van der Waals surface area contributed by atoms with Crippen LogP contribution in [0.1, 0.15) is 43.3 Å². The number of sulfonamides is 1. The average Bonchev–Trinajstić information content (AvgIpc) is 3.09. The minimum absolute atomic E-state index is 0.0907. The maximum atomic E-state index is 12.3. The highest BCUT2D eigenvalue weighted by Gasteiger charge is 2.17. The van der Waals surface area contributed by atoms with Crippen LogP contribution >= 0.6 is 0 Å². The smallest absolute Gasteiger partial charge is 0.232 e. The van der Waals surface area contributed by atoms with Gasteiger partial charge in [-0.05, 0) is 51.3 Å². The molecule has 2 heterocycles. The van der Waals surface area contributed by atoms with E-state index in [4.69, 9.17) is 10.5 Å². The summed E-state index contributed by atoms with van der Waals surface area (Å²) in [7, 11) is -3.36. The number of unbranched alkanes of at least 4 members (excludes halogenated alkanes) is 2. The van der Waals surface area contributed by atoms with E-state index in [1.165, 1.54) is 0 Å². The fourth-order valence-electron chi connectivity index (χ4n) is 3.57. The molecule has 0 bridgehead atoms. The van der Waals surface area contributed by atoms with Crippen molar-refractivity contribution in [1.29, 1.82) is 0 Å². The normalized spacial score (nSPS) is 11.8. The molecule has 2 aromatic heterocycles. The van der Waals surface area contributed by atoms with Gasteiger partial charge in [0.1, 0.15) is 17.9 Å². The number of para-hydroxylation sites is 1. The van der Waals surface area contributed by atoms with Crippen molar-refractivity contribution >= 4 is 32.6 Å². The predicted octanol–water partition coefficient (Wildman–Crippen LogP) is 3.78. The predicted molar refractivity (Wildman–Crippen MR) is 124 cm³/mol. The zero-order valence-corrected chi connectivity index (χ0v) is 19.2. The highest BCUT2D eigenvalue weighted by atomic mass is 32.2. The van der Waals surface area contributed by atoms with E-state index in [1.54, 1.807) is 24.3 Å². The number of benzene rings is 1. The van der Waals surface area contributed by atoms with Gasteiger partial charge >= 0.3 is 0 Å². The molecule has 0 fully saturated rings. The van der Waals surface area contributed by atoms with E-state index in [9.17, 15) is 8.42 Å². The summed E-state index contributed by atoms with van der Waals surface area (Å²) in [6.07, 6.45) is 2.19. The second-order valence-corrected chi connectivity index (χ2v) is 9.41. The molecule has 0 aliphatic heterocycles. The summed E-state index contributed by atoms with van der Waals surface area (Å²) in [6.45, 7) is 7.63. The largest absolute Gasteiger partial charge is 0.382 e. The summed E-state index contributed by atoms with van der Waals surface area (Å²) < 4.78 is 34.9. The van der Waals surface area contributed by atoms with Crippen LogP contribution in [0.25, 0.3) is 11.0 Å². The van der Waals surface area contributed by atoms with Gasteiger partial charge in [-0.15, -0.1) is 0 Å². The van der Waals surface area contributed by atoms with E-state index >= 15 is 0 Å². The van der Waals surface area contributed by atoms with E-state index < -0.39 is 10.0 Å². The fourth-order valence-corrected chi connectivity index (χ4v) is 4.75. The van der Waals surface area contributed by atoms with Crippen LogP contribution in [0.4, 0.5) is 11.5 Å². The monoisotopic (exact) mass is 445 g/mol. The molecule has 31 heavy (non-hydrogen) atoms. The zero-order valence-electron chi connectivity index (χ0n) is 18.4. The Balaban J connectivity index is 1.65. The van der Waals surface area contributed by atoms with Gasteiger partial charge in [0, 0.05) is 24.5 Å². The molecule has 1 aromatic carbocycles. The fraction of sp³-hybridized carbons (Fsp3) is 0.455. The highest BCUT2D eigenvalue weighted by molar-refractivity contribution is 7.92. The first-order valence-electron chi connectivity index (χ1n) is 10.6. The van der Waals surface area contributed by atoms with E-state index in [0.29, 0.717) is 36.7 Å². The number of ether oxygens (including phenoxy) is 1. The Kier molecular flexibility index (Phi) is 7.50. The molecule has 0 amide bonds. The summed E-state index contributed by atoms with van der Waals surface area (Å²) >= 11 is 0. The Morgan fingerprint density at radius 2 is 1.84 bits per heavy atom. The molecule has 0 saturated heterocycles. The average molecular weight is 446 g/mol. The van der Waals surface area contributed by atoms with Gasteiger partial charge in [-0.1, -0.05) is 24.6 Å². The Bertz CT molecular complexity index is 1130. The molecule has 168 valence electrons. The molecular formula is C22H31N5O3S. The number of nitrogens with one attached hydrogen (secondary N) is 1. The molecular weight excluding hydrogens is 414 g/mol. The number of nitrogen functional groups attached to an aromatic ring is 1. The maximum Gasteiger partial charge on any atom is 0.232 e. The van der Waals surface area contributed by atoms with Crippen LogP contribution in [0, 0.1) is 13.8 Å². The van der Waals surface area contributed by atoms with Crippen molar-refractivity contribution in [2.75, 3.05) is 22.8 Å². The van der Waals surface area contributed by atoms with Crippen LogP contribution in [0.3, 0.4) is 0 Å². The molecule has 3 N–H and O–H groups in total. The lowest BCUT2D eigenvalue weighted by atomic mass is 10.2. The van der Waals surface area contributed by atoms with Crippen LogP contribution in [0.2, 0.25) is 0 Å². The van der Waals surface area contributed by atoms with Crippen molar-refractivity contribution in [1.82, 2.24) is 14.5 Å². The first-order valence-corrected chi connectivity index (χ1v) is 12.2. The van der Waals surface area contributed by atoms with Crippen LogP contribution < -0.4 is 10.5 Å².